The molecule has 0 spiro atoms. The normalized spacial score (nSPS) is 11.1. The molecule has 2 aromatic carbocycles. The lowest BCUT2D eigenvalue weighted by atomic mass is 10.2. The van der Waals surface area contributed by atoms with Gasteiger partial charge in [0.15, 0.2) is 0 Å². The number of carbonyl (C=O) groups excluding carboxylic acids is 2. The van der Waals surface area contributed by atoms with E-state index in [1.165, 1.54) is 24.3 Å². The van der Waals surface area contributed by atoms with Gasteiger partial charge in [-0.15, -0.1) is 0 Å². The first-order chi connectivity index (χ1) is 12.7. The maximum atomic E-state index is 12.5. The largest absolute Gasteiger partial charge is 0.352 e. The molecule has 2 rings (SSSR count). The predicted octanol–water partition coefficient (Wildman–Crippen LogP) is 2.50. The molecule has 0 aliphatic heterocycles. The summed E-state index contributed by atoms with van der Waals surface area (Å²) in [4.78, 5) is 23.8. The topological polar surface area (TPSA) is 104 Å². The van der Waals surface area contributed by atoms with E-state index in [0.29, 0.717) is 5.69 Å². The number of rotatable bonds is 7. The Bertz CT molecular complexity index is 928. The highest BCUT2D eigenvalue weighted by molar-refractivity contribution is 9.10. The summed E-state index contributed by atoms with van der Waals surface area (Å²) in [5.74, 6) is -0.853. The van der Waals surface area contributed by atoms with Crippen LogP contribution in [0.5, 0.6) is 0 Å². The zero-order valence-electron chi connectivity index (χ0n) is 14.8. The monoisotopic (exact) mass is 453 g/mol. The van der Waals surface area contributed by atoms with E-state index >= 15 is 0 Å². The van der Waals surface area contributed by atoms with E-state index in [0.717, 1.165) is 4.47 Å². The van der Waals surface area contributed by atoms with E-state index in [2.05, 4.69) is 31.3 Å². The third-order valence-electron chi connectivity index (χ3n) is 3.36. The van der Waals surface area contributed by atoms with Crippen LogP contribution >= 0.6 is 15.9 Å². The summed E-state index contributed by atoms with van der Waals surface area (Å²) < 4.78 is 28.3. The molecule has 0 atom stereocenters. The van der Waals surface area contributed by atoms with E-state index in [1.54, 1.807) is 24.3 Å². The van der Waals surface area contributed by atoms with E-state index in [9.17, 15) is 18.0 Å². The molecular formula is C18H20BrN3O4S. The quantitative estimate of drug-likeness (QED) is 0.598. The fraction of sp³-hybridized carbons (Fsp3) is 0.222. The highest BCUT2D eigenvalue weighted by atomic mass is 79.9. The maximum absolute atomic E-state index is 12.5. The summed E-state index contributed by atoms with van der Waals surface area (Å²) in [6.45, 7) is 3.43. The number of sulfonamides is 1. The first kappa shape index (κ1) is 20.9. The molecule has 0 fully saturated rings. The smallest absolute Gasteiger partial charge is 0.261 e. The summed E-state index contributed by atoms with van der Waals surface area (Å²) in [6.07, 6.45) is 0. The van der Waals surface area contributed by atoms with Crippen molar-refractivity contribution in [2.75, 3.05) is 11.3 Å². The Balaban J connectivity index is 2.10. The van der Waals surface area contributed by atoms with E-state index in [1.807, 2.05) is 13.8 Å². The van der Waals surface area contributed by atoms with Crippen LogP contribution in [0.4, 0.5) is 5.69 Å². The van der Waals surface area contributed by atoms with Gasteiger partial charge < -0.3 is 10.6 Å². The number of hydrogen-bond acceptors (Lipinski definition) is 4. The number of amides is 2. The van der Waals surface area contributed by atoms with Crippen molar-refractivity contribution in [1.82, 2.24) is 10.6 Å². The molecule has 0 saturated carbocycles. The third kappa shape index (κ3) is 6.37. The Morgan fingerprint density at radius 2 is 1.74 bits per heavy atom. The van der Waals surface area contributed by atoms with E-state index in [4.69, 9.17) is 0 Å². The standard InChI is InChI=1S/C18H20BrN3O4S/c1-12(2)21-17(23)11-20-18(24)13-4-3-5-16(10-13)27(25,26)22-15-8-6-14(19)7-9-15/h3-10,12,22H,11H2,1-2H3,(H,20,24)(H,21,23). The molecule has 0 aliphatic rings. The van der Waals surface area contributed by atoms with Gasteiger partial charge in [-0.3, -0.25) is 14.3 Å². The molecule has 0 unspecified atom stereocenters. The lowest BCUT2D eigenvalue weighted by Gasteiger charge is -2.11. The van der Waals surface area contributed by atoms with E-state index < -0.39 is 15.9 Å². The molecule has 2 aromatic rings. The van der Waals surface area contributed by atoms with Gasteiger partial charge >= 0.3 is 0 Å². The average molecular weight is 454 g/mol. The molecule has 0 aromatic heterocycles. The number of halogens is 1. The van der Waals surface area contributed by atoms with Crippen LogP contribution in [0, 0.1) is 0 Å². The van der Waals surface area contributed by atoms with Crippen LogP contribution < -0.4 is 15.4 Å². The molecule has 2 amide bonds. The molecule has 144 valence electrons. The third-order valence-corrected chi connectivity index (χ3v) is 5.27. The van der Waals surface area contributed by atoms with Crippen molar-refractivity contribution in [1.29, 1.82) is 0 Å². The number of benzene rings is 2. The summed E-state index contributed by atoms with van der Waals surface area (Å²) in [5, 5.41) is 5.12. The molecule has 0 saturated heterocycles. The Hall–Kier alpha value is -2.39. The highest BCUT2D eigenvalue weighted by Gasteiger charge is 2.17. The molecule has 0 radical (unpaired) electrons. The van der Waals surface area contributed by atoms with Crippen molar-refractivity contribution in [3.05, 3.63) is 58.6 Å². The van der Waals surface area contributed by atoms with Crippen LogP contribution in [0.1, 0.15) is 24.2 Å². The van der Waals surface area contributed by atoms with Crippen LogP contribution in [0.2, 0.25) is 0 Å². The molecule has 9 heteroatoms. The lowest BCUT2D eigenvalue weighted by molar-refractivity contribution is -0.120. The van der Waals surface area contributed by atoms with Crippen LogP contribution in [0.3, 0.4) is 0 Å². The minimum Gasteiger partial charge on any atom is -0.352 e. The fourth-order valence-electron chi connectivity index (χ4n) is 2.17. The van der Waals surface area contributed by atoms with Crippen molar-refractivity contribution in [3.63, 3.8) is 0 Å². The van der Waals surface area contributed by atoms with Gasteiger partial charge in [0.1, 0.15) is 0 Å². The number of carbonyl (C=O) groups is 2. The van der Waals surface area contributed by atoms with Crippen molar-refractivity contribution >= 4 is 43.5 Å². The van der Waals surface area contributed by atoms with Crippen molar-refractivity contribution < 1.29 is 18.0 Å². The molecule has 0 heterocycles. The minimum atomic E-state index is -3.85. The fourth-order valence-corrected chi connectivity index (χ4v) is 3.54. The SMILES string of the molecule is CC(C)NC(=O)CNC(=O)c1cccc(S(=O)(=O)Nc2ccc(Br)cc2)c1. The zero-order valence-corrected chi connectivity index (χ0v) is 17.2. The predicted molar refractivity (Wildman–Crippen MR) is 107 cm³/mol. The van der Waals surface area contributed by atoms with Gasteiger partial charge in [-0.25, -0.2) is 8.42 Å². The van der Waals surface area contributed by atoms with Crippen LogP contribution in [-0.2, 0) is 14.8 Å². The van der Waals surface area contributed by atoms with Gasteiger partial charge in [-0.1, -0.05) is 22.0 Å². The van der Waals surface area contributed by atoms with Gasteiger partial charge in [0.2, 0.25) is 5.91 Å². The van der Waals surface area contributed by atoms with Gasteiger partial charge in [0.25, 0.3) is 15.9 Å². The molecule has 27 heavy (non-hydrogen) atoms. The van der Waals surface area contributed by atoms with Crippen molar-refractivity contribution in [3.8, 4) is 0 Å². The van der Waals surface area contributed by atoms with E-state index in [-0.39, 0.29) is 29.0 Å². The van der Waals surface area contributed by atoms with Crippen LogP contribution in [0.15, 0.2) is 57.9 Å². The second-order valence-corrected chi connectivity index (χ2v) is 8.64. The summed E-state index contributed by atoms with van der Waals surface area (Å²) in [5.41, 5.74) is 0.546. The molecular weight excluding hydrogens is 434 g/mol. The summed E-state index contributed by atoms with van der Waals surface area (Å²) in [7, 11) is -3.85. The lowest BCUT2D eigenvalue weighted by Crippen LogP contribution is -2.39. The van der Waals surface area contributed by atoms with Gasteiger partial charge in [-0.2, -0.15) is 0 Å². The number of anilines is 1. The summed E-state index contributed by atoms with van der Waals surface area (Å²) >= 11 is 3.28. The first-order valence-electron chi connectivity index (χ1n) is 8.13. The minimum absolute atomic E-state index is 0.0347. The van der Waals surface area contributed by atoms with Crippen molar-refractivity contribution in [2.24, 2.45) is 0 Å². The van der Waals surface area contributed by atoms with Crippen molar-refractivity contribution in [2.45, 2.75) is 24.8 Å². The highest BCUT2D eigenvalue weighted by Crippen LogP contribution is 2.19. The summed E-state index contributed by atoms with van der Waals surface area (Å²) in [6, 6.07) is 12.2. The second kappa shape index (κ2) is 9.01. The Labute approximate surface area is 166 Å². The molecule has 7 nitrogen and oxygen atoms in total. The second-order valence-electron chi connectivity index (χ2n) is 6.05. The molecule has 0 aliphatic carbocycles. The maximum Gasteiger partial charge on any atom is 0.261 e. The Kier molecular flexibility index (Phi) is 6.98. The van der Waals surface area contributed by atoms with Gasteiger partial charge in [0, 0.05) is 21.8 Å². The van der Waals surface area contributed by atoms with Crippen LogP contribution in [-0.4, -0.2) is 32.8 Å². The first-order valence-corrected chi connectivity index (χ1v) is 10.4. The van der Waals surface area contributed by atoms with Gasteiger partial charge in [0.05, 0.1) is 11.4 Å². The van der Waals surface area contributed by atoms with Crippen LogP contribution in [0.25, 0.3) is 0 Å². The molecule has 3 N–H and O–H groups in total. The average Bonchev–Trinajstić information content (AvgIpc) is 2.61. The zero-order chi connectivity index (χ0) is 20.0. The molecule has 0 bridgehead atoms. The van der Waals surface area contributed by atoms with Gasteiger partial charge in [-0.05, 0) is 56.3 Å². The Morgan fingerprint density at radius 3 is 2.37 bits per heavy atom. The Morgan fingerprint density at radius 1 is 1.07 bits per heavy atom. The number of hydrogen-bond donors (Lipinski definition) is 3. The number of nitrogens with one attached hydrogen (secondary N) is 3.